The van der Waals surface area contributed by atoms with Gasteiger partial charge in [-0.2, -0.15) is 0 Å². The van der Waals surface area contributed by atoms with Crippen molar-refractivity contribution < 1.29 is 13.2 Å². The molecule has 2 unspecified atom stereocenters. The van der Waals surface area contributed by atoms with Crippen molar-refractivity contribution in [2.75, 3.05) is 11.5 Å². The first-order chi connectivity index (χ1) is 8.53. The van der Waals surface area contributed by atoms with Crippen molar-refractivity contribution in [1.29, 1.82) is 0 Å². The van der Waals surface area contributed by atoms with Crippen LogP contribution in [0.3, 0.4) is 0 Å². The van der Waals surface area contributed by atoms with Gasteiger partial charge in [-0.25, -0.2) is 8.42 Å². The molecule has 2 N–H and O–H groups in total. The van der Waals surface area contributed by atoms with E-state index in [0.717, 1.165) is 18.6 Å². The van der Waals surface area contributed by atoms with E-state index in [-0.39, 0.29) is 23.7 Å². The summed E-state index contributed by atoms with van der Waals surface area (Å²) >= 11 is 0. The number of aryl methyl sites for hydroxylation is 1. The third-order valence-electron chi connectivity index (χ3n) is 3.73. The van der Waals surface area contributed by atoms with E-state index >= 15 is 0 Å². The lowest BCUT2D eigenvalue weighted by Gasteiger charge is -2.13. The molecule has 18 heavy (non-hydrogen) atoms. The van der Waals surface area contributed by atoms with E-state index in [4.69, 9.17) is 10.5 Å². The van der Waals surface area contributed by atoms with Gasteiger partial charge in [-0.15, -0.1) is 0 Å². The highest BCUT2D eigenvalue weighted by Gasteiger charge is 2.29. The summed E-state index contributed by atoms with van der Waals surface area (Å²) in [6.45, 7) is 0. The molecule has 0 bridgehead atoms. The fraction of sp³-hybridized carbons (Fsp3) is 0.538. The minimum absolute atomic E-state index is 0.140. The van der Waals surface area contributed by atoms with Crippen LogP contribution in [0.15, 0.2) is 18.2 Å². The quantitative estimate of drug-likeness (QED) is 0.874. The lowest BCUT2D eigenvalue weighted by Crippen LogP contribution is -2.17. The van der Waals surface area contributed by atoms with Crippen molar-refractivity contribution in [3.63, 3.8) is 0 Å². The molecule has 0 radical (unpaired) electrons. The topological polar surface area (TPSA) is 69.4 Å². The van der Waals surface area contributed by atoms with Crippen LogP contribution in [0.2, 0.25) is 0 Å². The molecular formula is C13H17NO3S. The van der Waals surface area contributed by atoms with Gasteiger partial charge in [0.1, 0.15) is 11.9 Å². The molecule has 4 nitrogen and oxygen atoms in total. The van der Waals surface area contributed by atoms with Crippen LogP contribution in [0.4, 0.5) is 0 Å². The number of ether oxygens (including phenoxy) is 1. The molecule has 1 aromatic rings. The van der Waals surface area contributed by atoms with Crippen LogP contribution in [-0.2, 0) is 16.3 Å². The molecular weight excluding hydrogens is 250 g/mol. The van der Waals surface area contributed by atoms with Crippen LogP contribution in [0.1, 0.15) is 30.0 Å². The first-order valence-corrected chi connectivity index (χ1v) is 8.11. The molecule has 0 spiro atoms. The van der Waals surface area contributed by atoms with E-state index in [0.29, 0.717) is 6.42 Å². The number of fused-ring (bicyclic) bond motifs is 1. The predicted octanol–water partition coefficient (Wildman–Crippen LogP) is 1.20. The van der Waals surface area contributed by atoms with Gasteiger partial charge in [0.25, 0.3) is 0 Å². The second-order valence-corrected chi connectivity index (χ2v) is 7.38. The first kappa shape index (κ1) is 12.0. The summed E-state index contributed by atoms with van der Waals surface area (Å²) in [5, 5.41) is 0. The van der Waals surface area contributed by atoms with Crippen molar-refractivity contribution in [2.45, 2.75) is 31.4 Å². The van der Waals surface area contributed by atoms with Crippen molar-refractivity contribution in [2.24, 2.45) is 5.73 Å². The molecule has 1 aliphatic heterocycles. The minimum Gasteiger partial charge on any atom is -0.489 e. The highest BCUT2D eigenvalue weighted by Crippen LogP contribution is 2.32. The number of hydrogen-bond donors (Lipinski definition) is 1. The normalized spacial score (nSPS) is 29.2. The summed E-state index contributed by atoms with van der Waals surface area (Å²) in [6.07, 6.45) is 2.37. The molecule has 5 heteroatoms. The van der Waals surface area contributed by atoms with Gasteiger partial charge in [0.05, 0.1) is 11.5 Å². The Balaban J connectivity index is 1.75. The van der Waals surface area contributed by atoms with E-state index in [1.807, 2.05) is 18.2 Å². The molecule has 3 rings (SSSR count). The van der Waals surface area contributed by atoms with Crippen molar-refractivity contribution in [1.82, 2.24) is 0 Å². The van der Waals surface area contributed by atoms with Gasteiger partial charge in [0, 0.05) is 6.04 Å². The number of sulfone groups is 1. The average Bonchev–Trinajstić information content (AvgIpc) is 2.83. The summed E-state index contributed by atoms with van der Waals surface area (Å²) in [5.41, 5.74) is 8.41. The maximum absolute atomic E-state index is 11.4. The lowest BCUT2D eigenvalue weighted by atomic mass is 10.1. The van der Waals surface area contributed by atoms with Gasteiger partial charge >= 0.3 is 0 Å². The predicted molar refractivity (Wildman–Crippen MR) is 69.4 cm³/mol. The van der Waals surface area contributed by atoms with Crippen LogP contribution in [0.25, 0.3) is 0 Å². The van der Waals surface area contributed by atoms with Gasteiger partial charge in [-0.1, -0.05) is 6.07 Å². The van der Waals surface area contributed by atoms with Crippen LogP contribution in [-0.4, -0.2) is 26.0 Å². The summed E-state index contributed by atoms with van der Waals surface area (Å²) < 4.78 is 28.5. The average molecular weight is 267 g/mol. The first-order valence-electron chi connectivity index (χ1n) is 6.29. The molecule has 2 aliphatic rings. The SMILES string of the molecule is NC1CCc2cc(OC3CCS(=O)(=O)C3)ccc21. The van der Waals surface area contributed by atoms with Gasteiger partial charge in [-0.05, 0) is 42.5 Å². The van der Waals surface area contributed by atoms with E-state index in [9.17, 15) is 8.42 Å². The molecule has 98 valence electrons. The monoisotopic (exact) mass is 267 g/mol. The molecule has 1 aliphatic carbocycles. The Kier molecular flexibility index (Phi) is 2.83. The molecule has 1 saturated heterocycles. The molecule has 0 amide bonds. The van der Waals surface area contributed by atoms with E-state index < -0.39 is 9.84 Å². The molecule has 0 saturated carbocycles. The minimum atomic E-state index is -2.88. The van der Waals surface area contributed by atoms with Crippen LogP contribution >= 0.6 is 0 Å². The third-order valence-corrected chi connectivity index (χ3v) is 5.47. The molecule has 1 aromatic carbocycles. The van der Waals surface area contributed by atoms with Crippen LogP contribution in [0.5, 0.6) is 5.75 Å². The second kappa shape index (κ2) is 4.24. The van der Waals surface area contributed by atoms with Gasteiger partial charge in [-0.3, -0.25) is 0 Å². The standard InChI is InChI=1S/C13H17NO3S/c14-13-4-1-9-7-10(2-3-12(9)13)17-11-5-6-18(15,16)8-11/h2-3,7,11,13H,1,4-6,8,14H2. The molecule has 0 aromatic heterocycles. The fourth-order valence-electron chi connectivity index (χ4n) is 2.75. The Bertz CT molecular complexity index is 568. The van der Waals surface area contributed by atoms with E-state index in [1.165, 1.54) is 11.1 Å². The lowest BCUT2D eigenvalue weighted by molar-refractivity contribution is 0.228. The van der Waals surface area contributed by atoms with Crippen LogP contribution in [0, 0.1) is 0 Å². The Morgan fingerprint density at radius 3 is 2.83 bits per heavy atom. The molecule has 1 heterocycles. The smallest absolute Gasteiger partial charge is 0.154 e. The molecule has 2 atom stereocenters. The van der Waals surface area contributed by atoms with Crippen LogP contribution < -0.4 is 10.5 Å². The van der Waals surface area contributed by atoms with Gasteiger partial charge in [0.2, 0.25) is 0 Å². The highest BCUT2D eigenvalue weighted by atomic mass is 32.2. The van der Waals surface area contributed by atoms with Crippen molar-refractivity contribution in [3.8, 4) is 5.75 Å². The highest BCUT2D eigenvalue weighted by molar-refractivity contribution is 7.91. The zero-order valence-corrected chi connectivity index (χ0v) is 10.9. The second-order valence-electron chi connectivity index (χ2n) is 5.15. The largest absolute Gasteiger partial charge is 0.489 e. The molecule has 1 fully saturated rings. The zero-order chi connectivity index (χ0) is 12.8. The Hall–Kier alpha value is -1.07. The van der Waals surface area contributed by atoms with Crippen molar-refractivity contribution >= 4 is 9.84 Å². The van der Waals surface area contributed by atoms with Gasteiger partial charge < -0.3 is 10.5 Å². The summed E-state index contributed by atoms with van der Waals surface area (Å²) in [6, 6.07) is 6.05. The van der Waals surface area contributed by atoms with E-state index in [1.54, 1.807) is 0 Å². The van der Waals surface area contributed by atoms with Crippen molar-refractivity contribution in [3.05, 3.63) is 29.3 Å². The Morgan fingerprint density at radius 2 is 2.11 bits per heavy atom. The third kappa shape index (κ3) is 2.24. The Labute approximate surface area is 107 Å². The Morgan fingerprint density at radius 1 is 1.28 bits per heavy atom. The fourth-order valence-corrected chi connectivity index (χ4v) is 4.34. The summed E-state index contributed by atoms with van der Waals surface area (Å²) in [7, 11) is -2.88. The summed E-state index contributed by atoms with van der Waals surface area (Å²) in [5.74, 6) is 1.15. The maximum Gasteiger partial charge on any atom is 0.154 e. The number of benzene rings is 1. The van der Waals surface area contributed by atoms with E-state index in [2.05, 4.69) is 0 Å². The number of hydrogen-bond acceptors (Lipinski definition) is 4. The summed E-state index contributed by atoms with van der Waals surface area (Å²) in [4.78, 5) is 0. The number of nitrogens with two attached hydrogens (primary N) is 1. The van der Waals surface area contributed by atoms with Gasteiger partial charge in [0.15, 0.2) is 9.84 Å². The number of rotatable bonds is 2. The zero-order valence-electron chi connectivity index (χ0n) is 10.1. The maximum atomic E-state index is 11.4.